The van der Waals surface area contributed by atoms with Crippen LogP contribution in [0.5, 0.6) is 0 Å². The van der Waals surface area contributed by atoms with Crippen LogP contribution < -0.4 is 0 Å². The third-order valence-electron chi connectivity index (χ3n) is 2.39. The lowest BCUT2D eigenvalue weighted by atomic mass is 10.2. The molecule has 0 atom stereocenters. The van der Waals surface area contributed by atoms with Gasteiger partial charge in [0.1, 0.15) is 11.6 Å². The van der Waals surface area contributed by atoms with E-state index in [1.54, 1.807) is 0 Å². The molecular weight excluding hydrogens is 270 g/mol. The molecule has 0 amide bonds. The van der Waals surface area contributed by atoms with E-state index in [-0.39, 0.29) is 0 Å². The molecule has 108 valence electrons. The minimum Gasteiger partial charge on any atom is -0.379 e. The first-order valence-corrected chi connectivity index (χ1v) is 8.03. The Morgan fingerprint density at radius 1 is 1.05 bits per heavy atom. The van der Waals surface area contributed by atoms with Gasteiger partial charge in [0, 0.05) is 19.3 Å². The van der Waals surface area contributed by atoms with Gasteiger partial charge < -0.3 is 13.9 Å². The predicted octanol–water partition coefficient (Wildman–Crippen LogP) is 2.38. The van der Waals surface area contributed by atoms with E-state index in [2.05, 4.69) is 0 Å². The first kappa shape index (κ1) is 16.2. The zero-order valence-corrected chi connectivity index (χ0v) is 12.7. The van der Waals surface area contributed by atoms with E-state index in [1.807, 2.05) is 13.8 Å². The van der Waals surface area contributed by atoms with Gasteiger partial charge in [0.15, 0.2) is 9.76 Å². The second kappa shape index (κ2) is 9.14. The number of rotatable bonds is 9. The highest BCUT2D eigenvalue weighted by molar-refractivity contribution is 6.27. The lowest BCUT2D eigenvalue weighted by molar-refractivity contribution is -0.243. The topological polar surface area (TPSA) is 27.7 Å². The van der Waals surface area contributed by atoms with Gasteiger partial charge in [0.25, 0.3) is 6.48 Å². The zero-order valence-electron chi connectivity index (χ0n) is 11.3. The van der Waals surface area contributed by atoms with Gasteiger partial charge in [-0.15, -0.1) is 0 Å². The minimum absolute atomic E-state index is 0.522. The molecule has 0 fully saturated rings. The Morgan fingerprint density at radius 3 is 2.16 bits per heavy atom. The molecule has 0 bridgehead atoms. The Labute approximate surface area is 114 Å². The highest BCUT2D eigenvalue weighted by Gasteiger charge is 2.07. The molecule has 3 nitrogen and oxygen atoms in total. The fraction of sp³-hybridized carbons (Fsp3) is 0.538. The monoisotopic (exact) mass is 290 g/mol. The molecule has 0 aromatic heterocycles. The number of hydrogen-bond donors (Lipinski definition) is 0. The van der Waals surface area contributed by atoms with Crippen LogP contribution in [-0.4, -0.2) is 29.5 Å². The van der Waals surface area contributed by atoms with Crippen molar-refractivity contribution in [1.29, 1.82) is 0 Å². The van der Waals surface area contributed by atoms with Crippen molar-refractivity contribution in [2.24, 2.45) is 0 Å². The molecule has 0 spiro atoms. The molecule has 1 aromatic rings. The van der Waals surface area contributed by atoms with Crippen molar-refractivity contribution in [2.45, 2.75) is 32.8 Å². The molecule has 0 saturated carbocycles. The maximum absolute atomic E-state index is 13.0. The fourth-order valence-corrected chi connectivity index (χ4v) is 2.73. The van der Waals surface area contributed by atoms with Crippen molar-refractivity contribution in [3.05, 3.63) is 35.4 Å². The van der Waals surface area contributed by atoms with Gasteiger partial charge in [-0.1, -0.05) is 0 Å². The van der Waals surface area contributed by atoms with Crippen LogP contribution in [0.1, 0.15) is 19.4 Å². The SMILES string of the molecule is CCOC(OCC)O[SiH2]CCc1cc(F)cc(F)c1. The van der Waals surface area contributed by atoms with Crippen LogP contribution in [0, 0.1) is 11.6 Å². The van der Waals surface area contributed by atoms with Crippen molar-refractivity contribution in [1.82, 2.24) is 0 Å². The quantitative estimate of drug-likeness (QED) is 0.397. The normalized spacial score (nSPS) is 11.8. The lowest BCUT2D eigenvalue weighted by Gasteiger charge is -2.17. The first-order valence-electron chi connectivity index (χ1n) is 6.45. The summed E-state index contributed by atoms with van der Waals surface area (Å²) in [6.07, 6.45) is 0.603. The van der Waals surface area contributed by atoms with Crippen LogP contribution in [0.3, 0.4) is 0 Å². The summed E-state index contributed by atoms with van der Waals surface area (Å²) in [6.45, 7) is 4.17. The standard InChI is InChI=1S/C13H20F2O3Si/c1-3-16-13(17-4-2)18-19-6-5-10-7-11(14)9-12(15)8-10/h7-9,13H,3-6,19H2,1-2H3. The highest BCUT2D eigenvalue weighted by Crippen LogP contribution is 2.10. The molecule has 0 N–H and O–H groups in total. The van der Waals surface area contributed by atoms with E-state index in [4.69, 9.17) is 13.9 Å². The van der Waals surface area contributed by atoms with Crippen LogP contribution in [-0.2, 0) is 20.3 Å². The summed E-state index contributed by atoms with van der Waals surface area (Å²) in [5, 5.41) is 0. The Balaban J connectivity index is 2.29. The van der Waals surface area contributed by atoms with E-state index < -0.39 is 27.9 Å². The summed E-state index contributed by atoms with van der Waals surface area (Å²) in [7, 11) is -0.840. The second-order valence-corrected chi connectivity index (χ2v) is 5.40. The molecule has 0 saturated heterocycles. The molecule has 0 radical (unpaired) electrons. The van der Waals surface area contributed by atoms with Crippen LogP contribution in [0.15, 0.2) is 18.2 Å². The molecular formula is C13H20F2O3Si. The van der Waals surface area contributed by atoms with Crippen LogP contribution in [0.2, 0.25) is 6.04 Å². The Bertz CT molecular complexity index is 351. The van der Waals surface area contributed by atoms with Crippen molar-refractivity contribution in [3.8, 4) is 0 Å². The number of aryl methyl sites for hydroxylation is 1. The summed E-state index contributed by atoms with van der Waals surface area (Å²) in [5.74, 6) is -1.09. The van der Waals surface area contributed by atoms with Gasteiger partial charge in [-0.3, -0.25) is 0 Å². The van der Waals surface area contributed by atoms with Crippen molar-refractivity contribution < 1.29 is 22.7 Å². The van der Waals surface area contributed by atoms with Gasteiger partial charge in [0.2, 0.25) is 0 Å². The number of halogens is 2. The Hall–Kier alpha value is -0.823. The van der Waals surface area contributed by atoms with Gasteiger partial charge in [-0.25, -0.2) is 8.78 Å². The second-order valence-electron chi connectivity index (χ2n) is 3.95. The van der Waals surface area contributed by atoms with Crippen LogP contribution >= 0.6 is 0 Å². The summed E-state index contributed by atoms with van der Waals surface area (Å²) in [5.41, 5.74) is 0.651. The number of ether oxygens (including phenoxy) is 2. The third-order valence-corrected chi connectivity index (χ3v) is 3.54. The Kier molecular flexibility index (Phi) is 7.81. The van der Waals surface area contributed by atoms with E-state index in [0.29, 0.717) is 25.2 Å². The van der Waals surface area contributed by atoms with Crippen LogP contribution in [0.25, 0.3) is 0 Å². The molecule has 0 aliphatic heterocycles. The highest BCUT2D eigenvalue weighted by atomic mass is 28.2. The minimum atomic E-state index is -0.840. The van der Waals surface area contributed by atoms with Crippen molar-refractivity contribution in [3.63, 3.8) is 0 Å². The summed E-state index contributed by atoms with van der Waals surface area (Å²) in [6, 6.07) is 4.34. The van der Waals surface area contributed by atoms with E-state index in [1.165, 1.54) is 12.1 Å². The molecule has 0 heterocycles. The molecule has 1 aromatic carbocycles. The summed E-state index contributed by atoms with van der Waals surface area (Å²) >= 11 is 0. The molecule has 19 heavy (non-hydrogen) atoms. The van der Waals surface area contributed by atoms with Gasteiger partial charge in [-0.05, 0) is 44.0 Å². The fourth-order valence-electron chi connectivity index (χ4n) is 1.63. The first-order chi connectivity index (χ1) is 9.15. The smallest absolute Gasteiger partial charge is 0.261 e. The average Bonchev–Trinajstić information content (AvgIpc) is 2.34. The van der Waals surface area contributed by atoms with E-state index in [9.17, 15) is 8.78 Å². The van der Waals surface area contributed by atoms with Crippen molar-refractivity contribution in [2.75, 3.05) is 13.2 Å². The largest absolute Gasteiger partial charge is 0.379 e. The predicted molar refractivity (Wildman–Crippen MR) is 71.5 cm³/mol. The number of benzene rings is 1. The molecule has 0 aliphatic rings. The van der Waals surface area contributed by atoms with Gasteiger partial charge >= 0.3 is 0 Å². The van der Waals surface area contributed by atoms with Crippen LogP contribution in [0.4, 0.5) is 8.78 Å². The van der Waals surface area contributed by atoms with Crippen molar-refractivity contribution >= 4 is 9.76 Å². The third kappa shape index (κ3) is 6.77. The summed E-state index contributed by atoms with van der Waals surface area (Å²) < 4.78 is 41.9. The van der Waals surface area contributed by atoms with Gasteiger partial charge in [-0.2, -0.15) is 0 Å². The Morgan fingerprint density at radius 2 is 1.63 bits per heavy atom. The number of hydrogen-bond acceptors (Lipinski definition) is 3. The summed E-state index contributed by atoms with van der Waals surface area (Å²) in [4.78, 5) is 0. The molecule has 0 aliphatic carbocycles. The zero-order chi connectivity index (χ0) is 14.1. The average molecular weight is 290 g/mol. The molecule has 0 unspecified atom stereocenters. The van der Waals surface area contributed by atoms with Gasteiger partial charge in [0.05, 0.1) is 0 Å². The van der Waals surface area contributed by atoms with E-state index in [0.717, 1.165) is 12.1 Å². The lowest BCUT2D eigenvalue weighted by Crippen LogP contribution is -2.23. The molecule has 6 heteroatoms. The molecule has 1 rings (SSSR count). The van der Waals surface area contributed by atoms with E-state index >= 15 is 0 Å². The maximum atomic E-state index is 13.0. The maximum Gasteiger partial charge on any atom is 0.261 e.